The first-order valence-electron chi connectivity index (χ1n) is 5.85. The van der Waals surface area contributed by atoms with Crippen LogP contribution in [0.25, 0.3) is 0 Å². The summed E-state index contributed by atoms with van der Waals surface area (Å²) in [6, 6.07) is 6.69. The van der Waals surface area contributed by atoms with E-state index in [0.717, 1.165) is 12.2 Å². The topological polar surface area (TPSA) is 75.6 Å². The van der Waals surface area contributed by atoms with Gasteiger partial charge in [-0.15, -0.1) is 0 Å². The Morgan fingerprint density at radius 1 is 1.42 bits per heavy atom. The lowest BCUT2D eigenvalue weighted by molar-refractivity contribution is -0.139. The number of hydrogen-bond donors (Lipinski definition) is 2. The number of carbonyl (C=O) groups is 2. The van der Waals surface area contributed by atoms with Gasteiger partial charge >= 0.3 is 5.97 Å². The zero-order chi connectivity index (χ0) is 14.1. The van der Waals surface area contributed by atoms with E-state index in [4.69, 9.17) is 9.84 Å². The molecule has 5 nitrogen and oxygen atoms in total. The van der Waals surface area contributed by atoms with Gasteiger partial charge in [0.2, 0.25) is 5.91 Å². The Morgan fingerprint density at radius 3 is 2.89 bits per heavy atom. The Kier molecular flexibility index (Phi) is 6.81. The SMILES string of the molecule is CSCCCC(=O)Nc1cccc(OCC(=O)O)c1. The number of carbonyl (C=O) groups excluding carboxylic acids is 1. The standard InChI is InChI=1S/C13H17NO4S/c1-19-7-3-6-12(15)14-10-4-2-5-11(8-10)18-9-13(16)17/h2,4-5,8H,3,6-7,9H2,1H3,(H,14,15)(H,16,17). The van der Waals surface area contributed by atoms with Gasteiger partial charge in [-0.05, 0) is 30.6 Å². The molecular weight excluding hydrogens is 266 g/mol. The van der Waals surface area contributed by atoms with Crippen LogP contribution in [0.5, 0.6) is 5.75 Å². The Hall–Kier alpha value is -1.69. The predicted molar refractivity (Wildman–Crippen MR) is 75.8 cm³/mol. The number of hydrogen-bond acceptors (Lipinski definition) is 4. The van der Waals surface area contributed by atoms with Gasteiger partial charge in [-0.3, -0.25) is 4.79 Å². The molecule has 0 saturated heterocycles. The molecule has 0 saturated carbocycles. The number of carboxylic acid groups (broad SMARTS) is 1. The summed E-state index contributed by atoms with van der Waals surface area (Å²) in [6.07, 6.45) is 3.31. The van der Waals surface area contributed by atoms with E-state index in [9.17, 15) is 9.59 Å². The summed E-state index contributed by atoms with van der Waals surface area (Å²) in [5.41, 5.74) is 0.608. The van der Waals surface area contributed by atoms with Gasteiger partial charge in [0.05, 0.1) is 0 Å². The first kappa shape index (κ1) is 15.4. The molecule has 104 valence electrons. The van der Waals surface area contributed by atoms with Gasteiger partial charge in [0.1, 0.15) is 5.75 Å². The molecule has 1 rings (SSSR count). The van der Waals surface area contributed by atoms with Crippen LogP contribution in [-0.2, 0) is 9.59 Å². The first-order valence-corrected chi connectivity index (χ1v) is 7.24. The number of nitrogens with one attached hydrogen (secondary N) is 1. The van der Waals surface area contributed by atoms with Crippen molar-refractivity contribution in [3.63, 3.8) is 0 Å². The Bertz CT molecular complexity index is 436. The van der Waals surface area contributed by atoms with Crippen LogP contribution in [0.1, 0.15) is 12.8 Å². The van der Waals surface area contributed by atoms with E-state index >= 15 is 0 Å². The van der Waals surface area contributed by atoms with Crippen molar-refractivity contribution in [2.24, 2.45) is 0 Å². The summed E-state index contributed by atoms with van der Waals surface area (Å²) in [7, 11) is 0. The van der Waals surface area contributed by atoms with Gasteiger partial charge in [-0.25, -0.2) is 4.79 Å². The second-order valence-corrected chi connectivity index (χ2v) is 4.84. The minimum atomic E-state index is -1.04. The monoisotopic (exact) mass is 283 g/mol. The van der Waals surface area contributed by atoms with Crippen LogP contribution in [0.3, 0.4) is 0 Å². The van der Waals surface area contributed by atoms with Crippen molar-refractivity contribution in [2.75, 3.05) is 23.9 Å². The average molecular weight is 283 g/mol. The van der Waals surface area contributed by atoms with E-state index in [-0.39, 0.29) is 5.91 Å². The van der Waals surface area contributed by atoms with Crippen molar-refractivity contribution in [1.29, 1.82) is 0 Å². The molecule has 0 radical (unpaired) electrons. The molecule has 0 atom stereocenters. The molecule has 0 heterocycles. The largest absolute Gasteiger partial charge is 0.482 e. The highest BCUT2D eigenvalue weighted by Gasteiger charge is 2.04. The summed E-state index contributed by atoms with van der Waals surface area (Å²) in [4.78, 5) is 22.0. The van der Waals surface area contributed by atoms with Crippen molar-refractivity contribution < 1.29 is 19.4 Å². The Balaban J connectivity index is 2.47. The molecule has 1 amide bonds. The second kappa shape index (κ2) is 8.42. The molecule has 0 aromatic heterocycles. The third kappa shape index (κ3) is 6.71. The number of ether oxygens (including phenoxy) is 1. The molecule has 0 aliphatic rings. The predicted octanol–water partition coefficient (Wildman–Crippen LogP) is 2.23. The van der Waals surface area contributed by atoms with Gasteiger partial charge in [-0.2, -0.15) is 11.8 Å². The number of anilines is 1. The lowest BCUT2D eigenvalue weighted by atomic mass is 10.2. The van der Waals surface area contributed by atoms with Gasteiger partial charge in [0, 0.05) is 18.2 Å². The molecule has 0 unspecified atom stereocenters. The molecule has 19 heavy (non-hydrogen) atoms. The van der Waals surface area contributed by atoms with Crippen LogP contribution in [-0.4, -0.2) is 35.6 Å². The molecule has 0 aliphatic carbocycles. The van der Waals surface area contributed by atoms with Gasteiger partial charge in [-0.1, -0.05) is 6.07 Å². The molecule has 1 aromatic rings. The fourth-order valence-electron chi connectivity index (χ4n) is 1.41. The Labute approximate surface area is 116 Å². The third-order valence-electron chi connectivity index (χ3n) is 2.23. The van der Waals surface area contributed by atoms with Crippen LogP contribution in [0.2, 0.25) is 0 Å². The summed E-state index contributed by atoms with van der Waals surface area (Å²) < 4.78 is 5.03. The molecular formula is C13H17NO4S. The summed E-state index contributed by atoms with van der Waals surface area (Å²) in [6.45, 7) is -0.398. The molecule has 0 spiro atoms. The van der Waals surface area contributed by atoms with E-state index in [0.29, 0.717) is 17.9 Å². The van der Waals surface area contributed by atoms with Crippen molar-refractivity contribution in [3.05, 3.63) is 24.3 Å². The van der Waals surface area contributed by atoms with Crippen LogP contribution >= 0.6 is 11.8 Å². The highest BCUT2D eigenvalue weighted by atomic mass is 32.2. The Morgan fingerprint density at radius 2 is 2.21 bits per heavy atom. The fourth-order valence-corrected chi connectivity index (χ4v) is 1.84. The van der Waals surface area contributed by atoms with Crippen molar-refractivity contribution >= 4 is 29.3 Å². The molecule has 0 fully saturated rings. The zero-order valence-electron chi connectivity index (χ0n) is 10.7. The number of rotatable bonds is 8. The van der Waals surface area contributed by atoms with E-state index < -0.39 is 12.6 Å². The highest BCUT2D eigenvalue weighted by Crippen LogP contribution is 2.17. The number of thioether (sulfide) groups is 1. The highest BCUT2D eigenvalue weighted by molar-refractivity contribution is 7.98. The lowest BCUT2D eigenvalue weighted by Crippen LogP contribution is -2.12. The molecule has 0 aliphatic heterocycles. The van der Waals surface area contributed by atoms with Crippen molar-refractivity contribution in [1.82, 2.24) is 0 Å². The van der Waals surface area contributed by atoms with Gasteiger partial charge in [0.15, 0.2) is 6.61 Å². The summed E-state index contributed by atoms with van der Waals surface area (Å²) in [5.74, 6) is 0.287. The number of carboxylic acids is 1. The maximum absolute atomic E-state index is 11.6. The molecule has 1 aromatic carbocycles. The lowest BCUT2D eigenvalue weighted by Gasteiger charge is -2.07. The summed E-state index contributed by atoms with van der Waals surface area (Å²) >= 11 is 1.71. The summed E-state index contributed by atoms with van der Waals surface area (Å²) in [5, 5.41) is 11.3. The average Bonchev–Trinajstić information content (AvgIpc) is 2.37. The normalized spacial score (nSPS) is 9.95. The number of aliphatic carboxylic acids is 1. The van der Waals surface area contributed by atoms with Crippen LogP contribution in [0.4, 0.5) is 5.69 Å². The maximum Gasteiger partial charge on any atom is 0.341 e. The maximum atomic E-state index is 11.6. The molecule has 2 N–H and O–H groups in total. The smallest absolute Gasteiger partial charge is 0.341 e. The van der Waals surface area contributed by atoms with Crippen molar-refractivity contribution in [2.45, 2.75) is 12.8 Å². The minimum absolute atomic E-state index is 0.0514. The second-order valence-electron chi connectivity index (χ2n) is 3.85. The van der Waals surface area contributed by atoms with E-state index in [1.165, 1.54) is 0 Å². The third-order valence-corrected chi connectivity index (χ3v) is 2.93. The zero-order valence-corrected chi connectivity index (χ0v) is 11.5. The van der Waals surface area contributed by atoms with Crippen LogP contribution < -0.4 is 10.1 Å². The van der Waals surface area contributed by atoms with Crippen LogP contribution in [0.15, 0.2) is 24.3 Å². The number of benzene rings is 1. The van der Waals surface area contributed by atoms with Crippen LogP contribution in [0, 0.1) is 0 Å². The van der Waals surface area contributed by atoms with Gasteiger partial charge < -0.3 is 15.2 Å². The van der Waals surface area contributed by atoms with E-state index in [1.807, 2.05) is 6.26 Å². The quantitative estimate of drug-likeness (QED) is 0.716. The van der Waals surface area contributed by atoms with E-state index in [1.54, 1.807) is 36.0 Å². The molecule has 0 bridgehead atoms. The molecule has 6 heteroatoms. The fraction of sp³-hybridized carbons (Fsp3) is 0.385. The first-order chi connectivity index (χ1) is 9.11. The number of amides is 1. The van der Waals surface area contributed by atoms with E-state index in [2.05, 4.69) is 5.32 Å². The van der Waals surface area contributed by atoms with Crippen molar-refractivity contribution in [3.8, 4) is 5.75 Å². The van der Waals surface area contributed by atoms with Gasteiger partial charge in [0.25, 0.3) is 0 Å². The minimum Gasteiger partial charge on any atom is -0.482 e.